The van der Waals surface area contributed by atoms with Crippen LogP contribution in [0.25, 0.3) is 5.65 Å². The largest absolute Gasteiger partial charge is 0.419 e. The third-order valence-corrected chi connectivity index (χ3v) is 4.13. The quantitative estimate of drug-likeness (QED) is 0.658. The number of aromatic nitrogens is 5. The van der Waals surface area contributed by atoms with Gasteiger partial charge >= 0.3 is 6.18 Å². The van der Waals surface area contributed by atoms with Crippen LogP contribution >= 0.6 is 11.6 Å². The standard InChI is InChI=1S/C14H8ClF4N5/c15-10-2-9(13-22-5-11(16)24(13)23-10)7-1-8(7)12-20-3-6(4-21-12)14(17,18)19/h2-5,7-8H,1H2/t7-,8-/m0/s1. The van der Waals surface area contributed by atoms with E-state index in [1.165, 1.54) is 0 Å². The second kappa shape index (κ2) is 5.10. The van der Waals surface area contributed by atoms with Gasteiger partial charge in [0.15, 0.2) is 10.8 Å². The molecule has 5 nitrogen and oxygen atoms in total. The van der Waals surface area contributed by atoms with Crippen molar-refractivity contribution in [3.8, 4) is 0 Å². The van der Waals surface area contributed by atoms with Crippen LogP contribution in [0.5, 0.6) is 0 Å². The number of hydrogen-bond donors (Lipinski definition) is 0. The Morgan fingerprint density at radius 2 is 1.79 bits per heavy atom. The molecule has 1 fully saturated rings. The van der Waals surface area contributed by atoms with Gasteiger partial charge in [-0.1, -0.05) is 11.6 Å². The third kappa shape index (κ3) is 2.48. The lowest BCUT2D eigenvalue weighted by Gasteiger charge is -2.06. The zero-order valence-electron chi connectivity index (χ0n) is 11.8. The Morgan fingerprint density at radius 1 is 1.08 bits per heavy atom. The van der Waals surface area contributed by atoms with E-state index in [9.17, 15) is 17.6 Å². The van der Waals surface area contributed by atoms with Crippen LogP contribution in [0.3, 0.4) is 0 Å². The van der Waals surface area contributed by atoms with Crippen LogP contribution in [-0.4, -0.2) is 24.6 Å². The molecular formula is C14H8ClF4N5. The van der Waals surface area contributed by atoms with Gasteiger partial charge in [-0.25, -0.2) is 15.0 Å². The lowest BCUT2D eigenvalue weighted by atomic mass is 10.1. The molecule has 1 aliphatic rings. The highest BCUT2D eigenvalue weighted by Crippen LogP contribution is 2.54. The molecule has 4 rings (SSSR count). The molecule has 0 aromatic carbocycles. The predicted molar refractivity (Wildman–Crippen MR) is 75.1 cm³/mol. The zero-order chi connectivity index (χ0) is 17.1. The summed E-state index contributed by atoms with van der Waals surface area (Å²) in [4.78, 5) is 11.6. The normalized spacial score (nSPS) is 20.5. The van der Waals surface area contributed by atoms with Gasteiger partial charge in [0, 0.05) is 23.9 Å². The van der Waals surface area contributed by atoms with Crippen LogP contribution in [0.1, 0.15) is 35.2 Å². The Kier molecular flexibility index (Phi) is 3.24. The van der Waals surface area contributed by atoms with Gasteiger partial charge in [0.05, 0.1) is 11.8 Å². The Hall–Kier alpha value is -2.29. The van der Waals surface area contributed by atoms with Crippen molar-refractivity contribution >= 4 is 17.2 Å². The van der Waals surface area contributed by atoms with Crippen LogP contribution in [0.2, 0.25) is 5.15 Å². The number of alkyl halides is 3. The maximum atomic E-state index is 13.6. The van der Waals surface area contributed by atoms with Crippen molar-refractivity contribution in [2.45, 2.75) is 24.4 Å². The molecule has 2 atom stereocenters. The van der Waals surface area contributed by atoms with E-state index >= 15 is 0 Å². The van der Waals surface area contributed by atoms with Crippen molar-refractivity contribution in [3.05, 3.63) is 52.7 Å². The SMILES string of the molecule is Fc1cnc2c([C@H]3C[C@@H]3c3ncc(C(F)(F)F)cn3)cc(Cl)nn12. The van der Waals surface area contributed by atoms with E-state index in [2.05, 4.69) is 20.1 Å². The fourth-order valence-corrected chi connectivity index (χ4v) is 2.90. The van der Waals surface area contributed by atoms with E-state index in [1.807, 2.05) is 0 Å². The average molecular weight is 358 g/mol. The van der Waals surface area contributed by atoms with Gasteiger partial charge in [-0.2, -0.15) is 27.2 Å². The molecule has 0 aliphatic heterocycles. The molecule has 3 heterocycles. The third-order valence-electron chi connectivity index (χ3n) is 3.95. The fourth-order valence-electron chi connectivity index (χ4n) is 2.71. The smallest absolute Gasteiger partial charge is 0.240 e. The molecule has 10 heteroatoms. The number of halogens is 5. The van der Waals surface area contributed by atoms with E-state index in [-0.39, 0.29) is 17.0 Å². The van der Waals surface area contributed by atoms with Crippen LogP contribution in [0.4, 0.5) is 17.6 Å². The number of nitrogens with zero attached hydrogens (tertiary/aromatic N) is 5. The highest BCUT2D eigenvalue weighted by Gasteiger charge is 2.44. The molecule has 3 aromatic heterocycles. The molecule has 0 bridgehead atoms. The summed E-state index contributed by atoms with van der Waals surface area (Å²) in [6.07, 6.45) is -1.28. The minimum atomic E-state index is -4.47. The van der Waals surface area contributed by atoms with Gasteiger partial charge in [0.2, 0.25) is 5.95 Å². The highest BCUT2D eigenvalue weighted by atomic mass is 35.5. The van der Waals surface area contributed by atoms with Gasteiger partial charge < -0.3 is 0 Å². The molecule has 0 amide bonds. The first-order valence-corrected chi connectivity index (χ1v) is 7.31. The van der Waals surface area contributed by atoms with Crippen LogP contribution in [0, 0.1) is 5.95 Å². The molecule has 24 heavy (non-hydrogen) atoms. The summed E-state index contributed by atoms with van der Waals surface area (Å²) in [6, 6.07) is 1.58. The van der Waals surface area contributed by atoms with Crippen LogP contribution in [0.15, 0.2) is 24.7 Å². The van der Waals surface area contributed by atoms with Crippen molar-refractivity contribution < 1.29 is 17.6 Å². The van der Waals surface area contributed by atoms with E-state index in [0.29, 0.717) is 23.5 Å². The van der Waals surface area contributed by atoms with Gasteiger partial charge in [-0.05, 0) is 18.4 Å². The number of fused-ring (bicyclic) bond motifs is 1. The fraction of sp³-hybridized carbons (Fsp3) is 0.286. The Bertz CT molecular complexity index is 921. The molecule has 1 saturated carbocycles. The number of hydrogen-bond acceptors (Lipinski definition) is 4. The molecule has 124 valence electrons. The van der Waals surface area contributed by atoms with Crippen molar-refractivity contribution in [3.63, 3.8) is 0 Å². The second-order valence-electron chi connectivity index (χ2n) is 5.52. The first-order valence-electron chi connectivity index (χ1n) is 6.93. The summed E-state index contributed by atoms with van der Waals surface area (Å²) in [5, 5.41) is 3.94. The summed E-state index contributed by atoms with van der Waals surface area (Å²) < 4.78 is 52.3. The zero-order valence-corrected chi connectivity index (χ0v) is 12.6. The van der Waals surface area contributed by atoms with Gasteiger partial charge in [-0.15, -0.1) is 0 Å². The summed E-state index contributed by atoms with van der Waals surface area (Å²) in [6.45, 7) is 0. The van der Waals surface area contributed by atoms with E-state index in [1.54, 1.807) is 6.07 Å². The van der Waals surface area contributed by atoms with E-state index in [0.717, 1.165) is 23.1 Å². The second-order valence-corrected chi connectivity index (χ2v) is 5.90. The topological polar surface area (TPSA) is 56.0 Å². The molecule has 0 spiro atoms. The van der Waals surface area contributed by atoms with E-state index in [4.69, 9.17) is 11.6 Å². The maximum Gasteiger partial charge on any atom is 0.419 e. The highest BCUT2D eigenvalue weighted by molar-refractivity contribution is 6.29. The van der Waals surface area contributed by atoms with E-state index < -0.39 is 17.7 Å². The Balaban J connectivity index is 1.65. The molecular weight excluding hydrogens is 350 g/mol. The summed E-state index contributed by atoms with van der Waals surface area (Å²) in [7, 11) is 0. The summed E-state index contributed by atoms with van der Waals surface area (Å²) in [5.74, 6) is -0.580. The van der Waals surface area contributed by atoms with Gasteiger partial charge in [0.1, 0.15) is 5.82 Å². The number of imidazole rings is 1. The van der Waals surface area contributed by atoms with Gasteiger partial charge in [0.25, 0.3) is 0 Å². The Morgan fingerprint density at radius 3 is 2.46 bits per heavy atom. The lowest BCUT2D eigenvalue weighted by molar-refractivity contribution is -0.138. The Labute approximate surface area is 137 Å². The molecule has 0 saturated heterocycles. The first kappa shape index (κ1) is 15.3. The number of rotatable bonds is 2. The van der Waals surface area contributed by atoms with Gasteiger partial charge in [-0.3, -0.25) is 0 Å². The predicted octanol–water partition coefficient (Wildman–Crippen LogP) is 3.60. The monoisotopic (exact) mass is 357 g/mol. The van der Waals surface area contributed by atoms with Crippen molar-refractivity contribution in [2.75, 3.05) is 0 Å². The summed E-state index contributed by atoms with van der Waals surface area (Å²) in [5.41, 5.74) is 0.108. The molecule has 0 N–H and O–H groups in total. The van der Waals surface area contributed by atoms with Crippen molar-refractivity contribution in [1.29, 1.82) is 0 Å². The van der Waals surface area contributed by atoms with Crippen molar-refractivity contribution in [2.24, 2.45) is 0 Å². The first-order chi connectivity index (χ1) is 11.3. The molecule has 1 aliphatic carbocycles. The minimum absolute atomic E-state index is 0.0912. The minimum Gasteiger partial charge on any atom is -0.240 e. The average Bonchev–Trinajstić information content (AvgIpc) is 3.24. The van der Waals surface area contributed by atoms with Crippen molar-refractivity contribution in [1.82, 2.24) is 24.6 Å². The maximum absolute atomic E-state index is 13.6. The molecule has 3 aromatic rings. The molecule has 0 unspecified atom stereocenters. The summed E-state index contributed by atoms with van der Waals surface area (Å²) >= 11 is 5.91. The van der Waals surface area contributed by atoms with Crippen LogP contribution < -0.4 is 0 Å². The lowest BCUT2D eigenvalue weighted by Crippen LogP contribution is -2.07. The van der Waals surface area contributed by atoms with Crippen LogP contribution in [-0.2, 0) is 6.18 Å². The molecule has 0 radical (unpaired) electrons.